The highest BCUT2D eigenvalue weighted by molar-refractivity contribution is 7.00. The SMILES string of the molecule is O=C(Nc1c(Cl)ccc2nsnc12)N1CCCCCC1. The maximum absolute atomic E-state index is 12.3. The second-order valence-corrected chi connectivity index (χ2v) is 5.82. The Morgan fingerprint density at radius 1 is 1.20 bits per heavy atom. The van der Waals surface area contributed by atoms with Gasteiger partial charge in [0, 0.05) is 13.1 Å². The third kappa shape index (κ3) is 2.71. The molecule has 0 bridgehead atoms. The maximum atomic E-state index is 12.3. The first-order valence-corrected chi connectivity index (χ1v) is 7.83. The first kappa shape index (κ1) is 13.6. The molecule has 0 unspecified atom stereocenters. The molecule has 1 aliphatic heterocycles. The summed E-state index contributed by atoms with van der Waals surface area (Å²) in [5.41, 5.74) is 1.98. The lowest BCUT2D eigenvalue weighted by Gasteiger charge is -2.21. The molecule has 0 aliphatic carbocycles. The number of halogens is 1. The third-order valence-corrected chi connectivity index (χ3v) is 4.36. The molecule has 2 aromatic rings. The van der Waals surface area contributed by atoms with Crippen molar-refractivity contribution in [2.45, 2.75) is 25.7 Å². The smallest absolute Gasteiger partial charge is 0.321 e. The summed E-state index contributed by atoms with van der Waals surface area (Å²) in [7, 11) is 0. The first-order chi connectivity index (χ1) is 9.75. The van der Waals surface area contributed by atoms with E-state index in [-0.39, 0.29) is 6.03 Å². The normalized spacial score (nSPS) is 16.1. The Bertz CT molecular complexity index is 622. The average Bonchev–Trinajstić information content (AvgIpc) is 2.75. The molecule has 3 rings (SSSR count). The Labute approximate surface area is 126 Å². The number of nitrogens with zero attached hydrogens (tertiary/aromatic N) is 3. The number of likely N-dealkylation sites (tertiary alicyclic amines) is 1. The van der Waals surface area contributed by atoms with E-state index in [1.807, 2.05) is 11.0 Å². The molecular formula is C13H15ClN4OS. The second-order valence-electron chi connectivity index (χ2n) is 4.89. The van der Waals surface area contributed by atoms with Crippen LogP contribution < -0.4 is 5.32 Å². The number of benzene rings is 1. The van der Waals surface area contributed by atoms with E-state index < -0.39 is 0 Å². The van der Waals surface area contributed by atoms with Crippen molar-refractivity contribution in [3.63, 3.8) is 0 Å². The minimum Gasteiger partial charge on any atom is -0.325 e. The van der Waals surface area contributed by atoms with Crippen LogP contribution in [0.4, 0.5) is 10.5 Å². The van der Waals surface area contributed by atoms with Crippen LogP contribution in [-0.4, -0.2) is 32.8 Å². The molecule has 1 saturated heterocycles. The van der Waals surface area contributed by atoms with Gasteiger partial charge in [0.2, 0.25) is 0 Å². The summed E-state index contributed by atoms with van der Waals surface area (Å²) in [4.78, 5) is 14.2. The van der Waals surface area contributed by atoms with Crippen LogP contribution in [0.5, 0.6) is 0 Å². The minimum atomic E-state index is -0.102. The van der Waals surface area contributed by atoms with Crippen LogP contribution in [0.25, 0.3) is 11.0 Å². The topological polar surface area (TPSA) is 58.1 Å². The van der Waals surface area contributed by atoms with E-state index in [1.54, 1.807) is 6.07 Å². The Hall–Kier alpha value is -1.40. The third-order valence-electron chi connectivity index (χ3n) is 3.50. The second kappa shape index (κ2) is 5.93. The van der Waals surface area contributed by atoms with Gasteiger partial charge in [0.25, 0.3) is 0 Å². The van der Waals surface area contributed by atoms with Gasteiger partial charge in [0.15, 0.2) is 0 Å². The molecule has 0 spiro atoms. The molecule has 1 aromatic carbocycles. The standard InChI is InChI=1S/C13H15ClN4OS/c14-9-5-6-10-12(17-20-16-10)11(9)15-13(19)18-7-3-1-2-4-8-18/h5-6H,1-4,7-8H2,(H,15,19). The van der Waals surface area contributed by atoms with Gasteiger partial charge in [-0.2, -0.15) is 8.75 Å². The summed E-state index contributed by atoms with van der Waals surface area (Å²) in [6.45, 7) is 1.60. The molecule has 2 amide bonds. The van der Waals surface area contributed by atoms with Crippen LogP contribution in [0, 0.1) is 0 Å². The van der Waals surface area contributed by atoms with Crippen LogP contribution in [0.1, 0.15) is 25.7 Å². The molecular weight excluding hydrogens is 296 g/mol. The molecule has 7 heteroatoms. The zero-order chi connectivity index (χ0) is 13.9. The number of carbonyl (C=O) groups is 1. The molecule has 1 N–H and O–H groups in total. The summed E-state index contributed by atoms with van der Waals surface area (Å²) in [5.74, 6) is 0. The minimum absolute atomic E-state index is 0.102. The fourth-order valence-corrected chi connectivity index (χ4v) is 3.15. The van der Waals surface area contributed by atoms with Gasteiger partial charge in [0.1, 0.15) is 11.0 Å². The van der Waals surface area contributed by atoms with Gasteiger partial charge in [-0.25, -0.2) is 4.79 Å². The zero-order valence-corrected chi connectivity index (χ0v) is 12.5. The van der Waals surface area contributed by atoms with Crippen molar-refractivity contribution < 1.29 is 4.79 Å². The summed E-state index contributed by atoms with van der Waals surface area (Å²) in [6, 6.07) is 3.45. The van der Waals surface area contributed by atoms with E-state index in [9.17, 15) is 4.79 Å². The van der Waals surface area contributed by atoms with E-state index in [4.69, 9.17) is 11.6 Å². The monoisotopic (exact) mass is 310 g/mol. The van der Waals surface area contributed by atoms with Gasteiger partial charge in [-0.3, -0.25) is 0 Å². The lowest BCUT2D eigenvalue weighted by molar-refractivity contribution is 0.214. The Kier molecular flexibility index (Phi) is 4.03. The largest absolute Gasteiger partial charge is 0.325 e. The number of carbonyl (C=O) groups excluding carboxylic acids is 1. The van der Waals surface area contributed by atoms with Gasteiger partial charge in [-0.05, 0) is 25.0 Å². The van der Waals surface area contributed by atoms with E-state index in [0.717, 1.165) is 43.2 Å². The number of nitrogens with one attached hydrogen (secondary N) is 1. The molecule has 0 radical (unpaired) electrons. The lowest BCUT2D eigenvalue weighted by Crippen LogP contribution is -2.35. The van der Waals surface area contributed by atoms with E-state index >= 15 is 0 Å². The fourth-order valence-electron chi connectivity index (χ4n) is 2.41. The molecule has 0 saturated carbocycles. The van der Waals surface area contributed by atoms with Crippen molar-refractivity contribution in [1.29, 1.82) is 0 Å². The number of rotatable bonds is 1. The number of anilines is 1. The van der Waals surface area contributed by atoms with Gasteiger partial charge in [0.05, 0.1) is 22.4 Å². The van der Waals surface area contributed by atoms with E-state index in [1.165, 1.54) is 12.8 Å². The Morgan fingerprint density at radius 2 is 1.95 bits per heavy atom. The predicted molar refractivity (Wildman–Crippen MR) is 81.5 cm³/mol. The molecule has 0 atom stereocenters. The number of urea groups is 1. The molecule has 1 fully saturated rings. The van der Waals surface area contributed by atoms with Gasteiger partial charge < -0.3 is 10.2 Å². The summed E-state index contributed by atoms with van der Waals surface area (Å²) in [5, 5.41) is 3.39. The van der Waals surface area contributed by atoms with Crippen molar-refractivity contribution in [1.82, 2.24) is 13.6 Å². The Morgan fingerprint density at radius 3 is 2.70 bits per heavy atom. The average molecular weight is 311 g/mol. The van der Waals surface area contributed by atoms with Crippen molar-refractivity contribution in [2.24, 2.45) is 0 Å². The molecule has 1 aromatic heterocycles. The van der Waals surface area contributed by atoms with Gasteiger partial charge in [-0.1, -0.05) is 24.4 Å². The quantitative estimate of drug-likeness (QED) is 0.872. The summed E-state index contributed by atoms with van der Waals surface area (Å²) < 4.78 is 8.37. The van der Waals surface area contributed by atoms with Crippen LogP contribution >= 0.6 is 23.3 Å². The molecule has 20 heavy (non-hydrogen) atoms. The molecule has 5 nitrogen and oxygen atoms in total. The highest BCUT2D eigenvalue weighted by Crippen LogP contribution is 2.30. The fraction of sp³-hybridized carbons (Fsp3) is 0.462. The van der Waals surface area contributed by atoms with E-state index in [2.05, 4.69) is 14.1 Å². The van der Waals surface area contributed by atoms with Crippen molar-refractivity contribution in [3.8, 4) is 0 Å². The summed E-state index contributed by atoms with van der Waals surface area (Å²) >= 11 is 7.30. The number of aromatic nitrogens is 2. The van der Waals surface area contributed by atoms with Crippen LogP contribution in [0.2, 0.25) is 5.02 Å². The molecule has 106 valence electrons. The number of fused-ring (bicyclic) bond motifs is 1. The van der Waals surface area contributed by atoms with Crippen molar-refractivity contribution >= 4 is 46.1 Å². The highest BCUT2D eigenvalue weighted by Gasteiger charge is 2.18. The Balaban J connectivity index is 1.83. The van der Waals surface area contributed by atoms with Gasteiger partial charge in [-0.15, -0.1) is 0 Å². The molecule has 2 heterocycles. The van der Waals surface area contributed by atoms with Crippen molar-refractivity contribution in [2.75, 3.05) is 18.4 Å². The molecule has 1 aliphatic rings. The van der Waals surface area contributed by atoms with Crippen LogP contribution in [0.3, 0.4) is 0 Å². The highest BCUT2D eigenvalue weighted by atomic mass is 35.5. The van der Waals surface area contributed by atoms with E-state index in [0.29, 0.717) is 16.2 Å². The first-order valence-electron chi connectivity index (χ1n) is 6.72. The summed E-state index contributed by atoms with van der Waals surface area (Å²) in [6.07, 6.45) is 4.50. The van der Waals surface area contributed by atoms with Crippen LogP contribution in [-0.2, 0) is 0 Å². The number of amides is 2. The van der Waals surface area contributed by atoms with Crippen molar-refractivity contribution in [3.05, 3.63) is 17.2 Å². The number of hydrogen-bond donors (Lipinski definition) is 1. The van der Waals surface area contributed by atoms with Gasteiger partial charge >= 0.3 is 6.03 Å². The zero-order valence-electron chi connectivity index (χ0n) is 10.9. The van der Waals surface area contributed by atoms with Crippen LogP contribution in [0.15, 0.2) is 12.1 Å². The maximum Gasteiger partial charge on any atom is 0.321 e. The predicted octanol–water partition coefficient (Wildman–Crippen LogP) is 3.75. The number of hydrogen-bond acceptors (Lipinski definition) is 4. The lowest BCUT2D eigenvalue weighted by atomic mass is 10.2.